The smallest absolute Gasteiger partial charge is 0.264 e. The van der Waals surface area contributed by atoms with E-state index in [-0.39, 0.29) is 17.2 Å². The summed E-state index contributed by atoms with van der Waals surface area (Å²) in [6.07, 6.45) is 1.39. The average Bonchev–Trinajstić information content (AvgIpc) is 2.87. The van der Waals surface area contributed by atoms with E-state index in [0.717, 1.165) is 9.87 Å². The summed E-state index contributed by atoms with van der Waals surface area (Å²) >= 11 is 0. The summed E-state index contributed by atoms with van der Waals surface area (Å²) in [4.78, 5) is 23.5. The van der Waals surface area contributed by atoms with Crippen LogP contribution >= 0.6 is 0 Å². The summed E-state index contributed by atoms with van der Waals surface area (Å²) in [5, 5.41) is 3.91. The Kier molecular flexibility index (Phi) is 8.63. The van der Waals surface area contributed by atoms with Crippen LogP contribution in [0.15, 0.2) is 82.8 Å². The number of primary amides is 1. The normalized spacial score (nSPS) is 11.2. The van der Waals surface area contributed by atoms with Crippen molar-refractivity contribution in [3.63, 3.8) is 0 Å². The lowest BCUT2D eigenvalue weighted by Gasteiger charge is -2.24. The Bertz CT molecular complexity index is 1340. The van der Waals surface area contributed by atoms with Crippen molar-refractivity contribution in [3.8, 4) is 11.5 Å². The molecule has 10 nitrogen and oxygen atoms in total. The molecule has 2 amide bonds. The Labute approximate surface area is 209 Å². The molecule has 0 aliphatic carbocycles. The fourth-order valence-corrected chi connectivity index (χ4v) is 4.48. The number of nitrogens with one attached hydrogen (secondary N) is 1. The van der Waals surface area contributed by atoms with E-state index in [9.17, 15) is 18.0 Å². The van der Waals surface area contributed by atoms with Crippen molar-refractivity contribution in [1.29, 1.82) is 0 Å². The Balaban J connectivity index is 1.75. The van der Waals surface area contributed by atoms with Crippen LogP contribution in [0.2, 0.25) is 0 Å². The van der Waals surface area contributed by atoms with E-state index in [1.165, 1.54) is 31.5 Å². The third-order valence-corrected chi connectivity index (χ3v) is 6.69. The summed E-state index contributed by atoms with van der Waals surface area (Å²) in [5.41, 5.74) is 9.20. The van der Waals surface area contributed by atoms with E-state index < -0.39 is 28.4 Å². The number of rotatable bonds is 11. The molecule has 0 bridgehead atoms. The molecule has 3 aromatic carbocycles. The number of nitrogens with zero attached hydrogens (tertiary/aromatic N) is 2. The van der Waals surface area contributed by atoms with Gasteiger partial charge in [-0.05, 0) is 61.0 Å². The molecule has 3 aromatic rings. The molecule has 3 rings (SSSR count). The number of benzene rings is 3. The number of sulfonamides is 1. The standard InChI is InChI=1S/C25H26N4O6S/c1-18-6-12-23(13-7-18)36(32,33)29(20-4-3-5-22(14-20)34-2)16-25(31)28-27-15-19-8-10-21(11-9-19)35-17-24(26)30/h3-15H,16-17H2,1-2H3,(H2,26,30)(H,28,31)/b27-15-. The van der Waals surface area contributed by atoms with E-state index in [0.29, 0.717) is 17.1 Å². The predicted molar refractivity (Wildman–Crippen MR) is 136 cm³/mol. The van der Waals surface area contributed by atoms with Crippen molar-refractivity contribution in [1.82, 2.24) is 5.43 Å². The molecule has 0 aliphatic rings. The van der Waals surface area contributed by atoms with Crippen LogP contribution in [0.4, 0.5) is 5.69 Å². The quantitative estimate of drug-likeness (QED) is 0.299. The van der Waals surface area contributed by atoms with Crippen molar-refractivity contribution in [2.45, 2.75) is 11.8 Å². The summed E-state index contributed by atoms with van der Waals surface area (Å²) in [5.74, 6) is -0.342. The van der Waals surface area contributed by atoms with E-state index in [1.54, 1.807) is 54.6 Å². The summed E-state index contributed by atoms with van der Waals surface area (Å²) in [6, 6.07) is 19.3. The van der Waals surface area contributed by atoms with Crippen LogP contribution < -0.4 is 24.9 Å². The van der Waals surface area contributed by atoms with Gasteiger partial charge in [0.05, 0.1) is 23.9 Å². The molecule has 0 atom stereocenters. The lowest BCUT2D eigenvalue weighted by molar-refractivity contribution is -0.120. The van der Waals surface area contributed by atoms with Gasteiger partial charge in [-0.25, -0.2) is 13.8 Å². The molecule has 36 heavy (non-hydrogen) atoms. The molecule has 188 valence electrons. The predicted octanol–water partition coefficient (Wildman–Crippen LogP) is 2.21. The molecule has 0 unspecified atom stereocenters. The van der Waals surface area contributed by atoms with Gasteiger partial charge in [0.15, 0.2) is 6.61 Å². The number of carbonyl (C=O) groups excluding carboxylic acids is 2. The van der Waals surface area contributed by atoms with Gasteiger partial charge in [-0.15, -0.1) is 0 Å². The van der Waals surface area contributed by atoms with Crippen LogP contribution in [-0.2, 0) is 19.6 Å². The highest BCUT2D eigenvalue weighted by atomic mass is 32.2. The number of hydrogen-bond donors (Lipinski definition) is 2. The van der Waals surface area contributed by atoms with Gasteiger partial charge in [0, 0.05) is 6.07 Å². The van der Waals surface area contributed by atoms with Gasteiger partial charge in [0.25, 0.3) is 21.8 Å². The van der Waals surface area contributed by atoms with Crippen molar-refractivity contribution in [2.24, 2.45) is 10.8 Å². The van der Waals surface area contributed by atoms with Gasteiger partial charge >= 0.3 is 0 Å². The highest BCUT2D eigenvalue weighted by Gasteiger charge is 2.27. The first-order valence-corrected chi connectivity index (χ1v) is 12.2. The number of methoxy groups -OCH3 is 1. The lowest BCUT2D eigenvalue weighted by atomic mass is 10.2. The lowest BCUT2D eigenvalue weighted by Crippen LogP contribution is -2.39. The second kappa shape index (κ2) is 11.8. The number of nitrogens with two attached hydrogens (primary N) is 1. The first-order chi connectivity index (χ1) is 17.2. The molecule has 0 heterocycles. The van der Waals surface area contributed by atoms with Crippen LogP contribution in [0.5, 0.6) is 11.5 Å². The van der Waals surface area contributed by atoms with Gasteiger partial charge in [-0.2, -0.15) is 5.10 Å². The van der Waals surface area contributed by atoms with Crippen molar-refractivity contribution in [2.75, 3.05) is 24.6 Å². The first kappa shape index (κ1) is 26.2. The summed E-state index contributed by atoms with van der Waals surface area (Å²) in [6.45, 7) is 1.10. The minimum absolute atomic E-state index is 0.0471. The SMILES string of the molecule is COc1cccc(N(CC(=O)N/N=C\c2ccc(OCC(N)=O)cc2)S(=O)(=O)c2ccc(C)cc2)c1. The second-order valence-corrected chi connectivity index (χ2v) is 9.51. The minimum atomic E-state index is -4.07. The van der Waals surface area contributed by atoms with E-state index in [2.05, 4.69) is 10.5 Å². The number of hydrogen-bond acceptors (Lipinski definition) is 7. The number of anilines is 1. The van der Waals surface area contributed by atoms with Gasteiger partial charge in [0.1, 0.15) is 18.0 Å². The summed E-state index contributed by atoms with van der Waals surface area (Å²) < 4.78 is 38.2. The van der Waals surface area contributed by atoms with Crippen molar-refractivity contribution < 1.29 is 27.5 Å². The van der Waals surface area contributed by atoms with Crippen LogP contribution in [0.3, 0.4) is 0 Å². The largest absolute Gasteiger partial charge is 0.497 e. The first-order valence-electron chi connectivity index (χ1n) is 10.8. The Morgan fingerprint density at radius 1 is 1.03 bits per heavy atom. The average molecular weight is 511 g/mol. The topological polar surface area (TPSA) is 140 Å². The van der Waals surface area contributed by atoms with E-state index in [1.807, 2.05) is 6.92 Å². The van der Waals surface area contributed by atoms with Crippen LogP contribution in [0.1, 0.15) is 11.1 Å². The second-order valence-electron chi connectivity index (χ2n) is 7.64. The third kappa shape index (κ3) is 7.06. The molecule has 3 N–H and O–H groups in total. The zero-order valence-corrected chi connectivity index (χ0v) is 20.6. The van der Waals surface area contributed by atoms with Crippen molar-refractivity contribution in [3.05, 3.63) is 83.9 Å². The fraction of sp³-hybridized carbons (Fsp3) is 0.160. The number of ether oxygens (including phenoxy) is 2. The molecule has 0 radical (unpaired) electrons. The van der Waals surface area contributed by atoms with Gasteiger partial charge in [0.2, 0.25) is 0 Å². The minimum Gasteiger partial charge on any atom is -0.497 e. The molecular formula is C25H26N4O6S. The molecule has 0 spiro atoms. The highest BCUT2D eigenvalue weighted by molar-refractivity contribution is 7.92. The van der Waals surface area contributed by atoms with Crippen LogP contribution in [0, 0.1) is 6.92 Å². The number of aryl methyl sites for hydroxylation is 1. The molecular weight excluding hydrogens is 484 g/mol. The summed E-state index contributed by atoms with van der Waals surface area (Å²) in [7, 11) is -2.60. The fourth-order valence-electron chi connectivity index (χ4n) is 3.07. The third-order valence-electron chi connectivity index (χ3n) is 4.90. The Morgan fingerprint density at radius 3 is 2.36 bits per heavy atom. The molecule has 0 aliphatic heterocycles. The molecule has 0 saturated heterocycles. The van der Waals surface area contributed by atoms with E-state index in [4.69, 9.17) is 15.2 Å². The molecule has 0 aromatic heterocycles. The number of carbonyl (C=O) groups is 2. The van der Waals surface area contributed by atoms with Crippen LogP contribution in [-0.4, -0.2) is 46.7 Å². The van der Waals surface area contributed by atoms with Crippen molar-refractivity contribution >= 4 is 33.7 Å². The maximum atomic E-state index is 13.4. The Hall–Kier alpha value is -4.38. The number of amides is 2. The Morgan fingerprint density at radius 2 is 1.72 bits per heavy atom. The maximum Gasteiger partial charge on any atom is 0.264 e. The highest BCUT2D eigenvalue weighted by Crippen LogP contribution is 2.27. The zero-order valence-electron chi connectivity index (χ0n) is 19.7. The molecule has 11 heteroatoms. The zero-order chi connectivity index (χ0) is 26.1. The van der Waals surface area contributed by atoms with Gasteiger partial charge in [-0.3, -0.25) is 13.9 Å². The molecule has 0 saturated carbocycles. The van der Waals surface area contributed by atoms with E-state index >= 15 is 0 Å². The van der Waals surface area contributed by atoms with Crippen LogP contribution in [0.25, 0.3) is 0 Å². The van der Waals surface area contributed by atoms with Gasteiger partial charge in [-0.1, -0.05) is 23.8 Å². The maximum absolute atomic E-state index is 13.4. The molecule has 0 fully saturated rings. The number of hydrazone groups is 1. The van der Waals surface area contributed by atoms with Gasteiger partial charge < -0.3 is 15.2 Å². The monoisotopic (exact) mass is 510 g/mol.